The van der Waals surface area contributed by atoms with E-state index in [1.165, 1.54) is 25.1 Å². The maximum Gasteiger partial charge on any atom is 0.304 e. The average molecular weight is 406 g/mol. The fourth-order valence-electron chi connectivity index (χ4n) is 3.10. The van der Waals surface area contributed by atoms with Crippen LogP contribution in [-0.4, -0.2) is 31.7 Å². The van der Waals surface area contributed by atoms with Crippen LogP contribution < -0.4 is 16.4 Å². The van der Waals surface area contributed by atoms with Crippen LogP contribution in [0.2, 0.25) is 0 Å². The summed E-state index contributed by atoms with van der Waals surface area (Å²) < 4.78 is 0. The molecule has 11 nitrogen and oxygen atoms in total. The number of hydrogen-bond acceptors (Lipinski definition) is 6. The smallest absolute Gasteiger partial charge is 0.304 e. The van der Waals surface area contributed by atoms with E-state index in [0.29, 0.717) is 16.6 Å². The van der Waals surface area contributed by atoms with Gasteiger partial charge in [-0.25, -0.2) is 4.98 Å². The monoisotopic (exact) mass is 406 g/mol. The molecule has 4 N–H and O–H groups in total. The Bertz CT molecular complexity index is 1400. The molecule has 2 aromatic carbocycles. The first-order chi connectivity index (χ1) is 14.3. The molecular weight excluding hydrogens is 392 g/mol. The summed E-state index contributed by atoms with van der Waals surface area (Å²) in [7, 11) is 0. The van der Waals surface area contributed by atoms with Crippen LogP contribution in [0.25, 0.3) is 33.3 Å². The lowest BCUT2D eigenvalue weighted by atomic mass is 10.1. The van der Waals surface area contributed by atoms with Gasteiger partial charge >= 0.3 is 5.69 Å². The molecule has 4 aromatic rings. The fraction of sp³-hybridized carbons (Fsp3) is 0.0526. The molecule has 0 saturated heterocycles. The number of carbonyl (C=O) groups is 2. The summed E-state index contributed by atoms with van der Waals surface area (Å²) in [5.74, 6) is -1.12. The van der Waals surface area contributed by atoms with E-state index < -0.39 is 22.3 Å². The van der Waals surface area contributed by atoms with E-state index in [2.05, 4.69) is 25.8 Å². The summed E-state index contributed by atoms with van der Waals surface area (Å²) in [6.07, 6.45) is 0. The molecule has 0 aliphatic rings. The summed E-state index contributed by atoms with van der Waals surface area (Å²) >= 11 is 0. The van der Waals surface area contributed by atoms with E-state index >= 15 is 0 Å². The van der Waals surface area contributed by atoms with E-state index in [9.17, 15) is 24.5 Å². The van der Waals surface area contributed by atoms with Crippen molar-refractivity contribution in [3.63, 3.8) is 0 Å². The zero-order chi connectivity index (χ0) is 21.4. The highest BCUT2D eigenvalue weighted by Crippen LogP contribution is 2.35. The molecule has 0 bridgehead atoms. The summed E-state index contributed by atoms with van der Waals surface area (Å²) in [5.41, 5.74) is 4.57. The topological polar surface area (TPSA) is 163 Å². The summed E-state index contributed by atoms with van der Waals surface area (Å²) in [6, 6.07) is 11.0. The lowest BCUT2D eigenvalue weighted by molar-refractivity contribution is -0.382. The van der Waals surface area contributed by atoms with Crippen LogP contribution in [0.15, 0.2) is 47.3 Å². The molecule has 30 heavy (non-hydrogen) atoms. The van der Waals surface area contributed by atoms with Gasteiger partial charge in [-0.3, -0.25) is 35.3 Å². The minimum atomic E-state index is -0.647. The number of para-hydroxylation sites is 2. The number of hydrogen-bond donors (Lipinski definition) is 4. The van der Waals surface area contributed by atoms with Crippen molar-refractivity contribution in [1.29, 1.82) is 0 Å². The highest BCUT2D eigenvalue weighted by molar-refractivity contribution is 6.03. The van der Waals surface area contributed by atoms with Gasteiger partial charge < -0.3 is 9.97 Å². The van der Waals surface area contributed by atoms with Gasteiger partial charge in [-0.15, -0.1) is 0 Å². The molecule has 2 heterocycles. The van der Waals surface area contributed by atoms with Crippen molar-refractivity contribution in [2.45, 2.75) is 6.92 Å². The first-order valence-electron chi connectivity index (χ1n) is 8.71. The number of rotatable bonds is 3. The Labute approximate surface area is 167 Å². The van der Waals surface area contributed by atoms with Crippen LogP contribution in [0.3, 0.4) is 0 Å². The van der Waals surface area contributed by atoms with Crippen molar-refractivity contribution in [2.24, 2.45) is 0 Å². The van der Waals surface area contributed by atoms with E-state index in [1.54, 1.807) is 24.3 Å². The number of amides is 2. The minimum Gasteiger partial charge on any atom is -0.347 e. The average Bonchev–Trinajstić information content (AvgIpc) is 3.10. The molecular formula is C19H14N6O5. The summed E-state index contributed by atoms with van der Waals surface area (Å²) in [6.45, 7) is 1.22. The zero-order valence-corrected chi connectivity index (χ0v) is 15.5. The van der Waals surface area contributed by atoms with Crippen molar-refractivity contribution in [2.75, 3.05) is 0 Å². The third-order valence-electron chi connectivity index (χ3n) is 4.40. The fourth-order valence-corrected chi connectivity index (χ4v) is 3.10. The number of nitro groups is 1. The predicted octanol–water partition coefficient (Wildman–Crippen LogP) is 1.76. The number of benzene rings is 2. The lowest BCUT2D eigenvalue weighted by Gasteiger charge is -2.04. The second-order valence-corrected chi connectivity index (χ2v) is 6.43. The molecule has 2 aromatic heterocycles. The standard InChI is InChI=1S/C19H14N6O5/c1-9(26)23-24-18(27)10-6-7-12-11(8-10)17(25(29)30)15(20-12)16-19(28)22-14-5-3-2-4-13(14)21-16/h2-8,20H,1H3,(H,22,28)(H,23,26)(H,24,27). The number of fused-ring (bicyclic) bond motifs is 2. The van der Waals surface area contributed by atoms with Crippen molar-refractivity contribution in [3.8, 4) is 11.4 Å². The highest BCUT2D eigenvalue weighted by atomic mass is 16.6. The number of carbonyl (C=O) groups excluding carboxylic acids is 2. The molecule has 4 rings (SSSR count). The van der Waals surface area contributed by atoms with Gasteiger partial charge in [-0.2, -0.15) is 0 Å². The number of nitrogens with zero attached hydrogens (tertiary/aromatic N) is 2. The lowest BCUT2D eigenvalue weighted by Crippen LogP contribution is -2.40. The Hall–Kier alpha value is -4.54. The highest BCUT2D eigenvalue weighted by Gasteiger charge is 2.27. The first-order valence-corrected chi connectivity index (χ1v) is 8.71. The molecule has 0 saturated carbocycles. The maximum absolute atomic E-state index is 12.5. The van der Waals surface area contributed by atoms with E-state index in [4.69, 9.17) is 0 Å². The van der Waals surface area contributed by atoms with Crippen LogP contribution in [0, 0.1) is 10.1 Å². The molecule has 0 fully saturated rings. The SMILES string of the molecule is CC(=O)NNC(=O)c1ccc2[nH]c(-c3nc4ccccc4[nH]c3=O)c([N+](=O)[O-])c2c1. The molecule has 0 radical (unpaired) electrons. The van der Waals surface area contributed by atoms with E-state index in [-0.39, 0.29) is 28.0 Å². The second-order valence-electron chi connectivity index (χ2n) is 6.43. The van der Waals surface area contributed by atoms with Crippen LogP contribution in [0.5, 0.6) is 0 Å². The van der Waals surface area contributed by atoms with Gasteiger partial charge in [0.2, 0.25) is 5.91 Å². The molecule has 2 amide bonds. The maximum atomic E-state index is 12.5. The van der Waals surface area contributed by atoms with Crippen molar-refractivity contribution in [3.05, 3.63) is 68.5 Å². The first kappa shape index (κ1) is 18.8. The Morgan fingerprint density at radius 1 is 1.07 bits per heavy atom. The van der Waals surface area contributed by atoms with Gasteiger partial charge in [-0.05, 0) is 30.3 Å². The molecule has 0 aliphatic heterocycles. The number of nitrogens with one attached hydrogen (secondary N) is 4. The van der Waals surface area contributed by atoms with Gasteiger partial charge in [0, 0.05) is 12.5 Å². The third-order valence-corrected chi connectivity index (χ3v) is 4.40. The largest absolute Gasteiger partial charge is 0.347 e. The third kappa shape index (κ3) is 3.24. The van der Waals surface area contributed by atoms with Crippen molar-refractivity contribution >= 4 is 39.4 Å². The minimum absolute atomic E-state index is 0.0681. The van der Waals surface area contributed by atoms with Gasteiger partial charge in [0.15, 0.2) is 5.69 Å². The van der Waals surface area contributed by atoms with Crippen LogP contribution >= 0.6 is 0 Å². The number of H-pyrrole nitrogens is 2. The quantitative estimate of drug-likeness (QED) is 0.299. The van der Waals surface area contributed by atoms with Crippen LogP contribution in [-0.2, 0) is 4.79 Å². The Morgan fingerprint density at radius 2 is 1.83 bits per heavy atom. The van der Waals surface area contributed by atoms with Crippen molar-refractivity contribution < 1.29 is 14.5 Å². The summed E-state index contributed by atoms with van der Waals surface area (Å²) in [4.78, 5) is 56.7. The molecule has 0 spiro atoms. The normalized spacial score (nSPS) is 10.8. The Balaban J connectivity index is 1.89. The molecule has 11 heteroatoms. The second kappa shape index (κ2) is 7.13. The zero-order valence-electron chi connectivity index (χ0n) is 15.5. The van der Waals surface area contributed by atoms with Gasteiger partial charge in [0.25, 0.3) is 11.5 Å². The molecule has 0 unspecified atom stereocenters. The van der Waals surface area contributed by atoms with Crippen LogP contribution in [0.4, 0.5) is 5.69 Å². The van der Waals surface area contributed by atoms with Gasteiger partial charge in [-0.1, -0.05) is 12.1 Å². The van der Waals surface area contributed by atoms with Crippen molar-refractivity contribution in [1.82, 2.24) is 25.8 Å². The molecule has 150 valence electrons. The number of hydrazine groups is 1. The van der Waals surface area contributed by atoms with E-state index in [1.807, 2.05) is 0 Å². The molecule has 0 atom stereocenters. The van der Waals surface area contributed by atoms with E-state index in [0.717, 1.165) is 0 Å². The Kier molecular flexibility index (Phi) is 4.47. The number of aromatic amines is 2. The summed E-state index contributed by atoms with van der Waals surface area (Å²) in [5, 5.41) is 12.0. The molecule has 0 aliphatic carbocycles. The number of aromatic nitrogens is 3. The van der Waals surface area contributed by atoms with Gasteiger partial charge in [0.05, 0.1) is 26.9 Å². The van der Waals surface area contributed by atoms with Gasteiger partial charge in [0.1, 0.15) is 5.69 Å². The predicted molar refractivity (Wildman–Crippen MR) is 108 cm³/mol. The van der Waals surface area contributed by atoms with Crippen LogP contribution in [0.1, 0.15) is 17.3 Å². The Morgan fingerprint density at radius 3 is 2.57 bits per heavy atom.